The van der Waals surface area contributed by atoms with Gasteiger partial charge in [-0.2, -0.15) is 4.31 Å². The Morgan fingerprint density at radius 3 is 2.14 bits per heavy atom. The first kappa shape index (κ1) is 16.8. The number of rotatable bonds is 3. The molecule has 22 heavy (non-hydrogen) atoms. The van der Waals surface area contributed by atoms with Gasteiger partial charge in [-0.1, -0.05) is 0 Å². The molecule has 0 aromatic heterocycles. The molecule has 2 rings (SSSR count). The summed E-state index contributed by atoms with van der Waals surface area (Å²) in [7, 11) is -2.14. The summed E-state index contributed by atoms with van der Waals surface area (Å²) < 4.78 is 31.5. The normalized spacial score (nSPS) is 17.6. The molecule has 0 spiro atoms. The van der Waals surface area contributed by atoms with Crippen molar-refractivity contribution in [2.24, 2.45) is 0 Å². The molecule has 1 saturated heterocycles. The van der Waals surface area contributed by atoms with Crippen LogP contribution in [0.2, 0.25) is 0 Å². The van der Waals surface area contributed by atoms with E-state index in [0.717, 1.165) is 0 Å². The van der Waals surface area contributed by atoms with Crippen molar-refractivity contribution in [3.05, 3.63) is 24.3 Å². The molecule has 1 amide bonds. The molecule has 6 nitrogen and oxygen atoms in total. The monoisotopic (exact) mass is 326 g/mol. The average molecular weight is 326 g/mol. The summed E-state index contributed by atoms with van der Waals surface area (Å²) in [6.45, 7) is 6.41. The van der Waals surface area contributed by atoms with E-state index in [0.29, 0.717) is 18.8 Å². The molecule has 0 saturated carbocycles. The third-order valence-electron chi connectivity index (χ3n) is 3.69. The maximum absolute atomic E-state index is 12.6. The number of methoxy groups -OCH3 is 1. The minimum atomic E-state index is -3.66. The SMILES string of the molecule is COc1ccc(S(=O)(=O)N2CCN(C(C)(C)C)C(=O)C2)cc1. The van der Waals surface area contributed by atoms with Crippen molar-refractivity contribution in [1.82, 2.24) is 9.21 Å². The van der Waals surface area contributed by atoms with Crippen LogP contribution < -0.4 is 4.74 Å². The fraction of sp³-hybridized carbons (Fsp3) is 0.533. The topological polar surface area (TPSA) is 66.9 Å². The fourth-order valence-corrected chi connectivity index (χ4v) is 3.84. The van der Waals surface area contributed by atoms with Gasteiger partial charge < -0.3 is 9.64 Å². The van der Waals surface area contributed by atoms with E-state index in [-0.39, 0.29) is 22.9 Å². The summed E-state index contributed by atoms with van der Waals surface area (Å²) in [4.78, 5) is 14.1. The lowest BCUT2D eigenvalue weighted by Crippen LogP contribution is -2.57. The molecule has 1 aromatic carbocycles. The number of carbonyl (C=O) groups excluding carboxylic acids is 1. The van der Waals surface area contributed by atoms with Gasteiger partial charge in [0.25, 0.3) is 0 Å². The Balaban J connectivity index is 2.19. The van der Waals surface area contributed by atoms with Crippen molar-refractivity contribution in [3.8, 4) is 5.75 Å². The van der Waals surface area contributed by atoms with Gasteiger partial charge in [-0.05, 0) is 45.0 Å². The van der Waals surface area contributed by atoms with E-state index in [1.807, 2.05) is 20.8 Å². The van der Waals surface area contributed by atoms with E-state index < -0.39 is 10.0 Å². The molecule has 0 N–H and O–H groups in total. The Morgan fingerprint density at radius 1 is 1.09 bits per heavy atom. The fourth-order valence-electron chi connectivity index (χ4n) is 2.46. The lowest BCUT2D eigenvalue weighted by Gasteiger charge is -2.41. The minimum absolute atomic E-state index is 0.119. The lowest BCUT2D eigenvalue weighted by molar-refractivity contribution is -0.139. The number of amides is 1. The van der Waals surface area contributed by atoms with Crippen LogP contribution in [0, 0.1) is 0 Å². The average Bonchev–Trinajstić information content (AvgIpc) is 2.46. The van der Waals surface area contributed by atoms with Crippen molar-refractivity contribution in [2.75, 3.05) is 26.7 Å². The van der Waals surface area contributed by atoms with Crippen LogP contribution in [-0.2, 0) is 14.8 Å². The quantitative estimate of drug-likeness (QED) is 0.840. The molecular weight excluding hydrogens is 304 g/mol. The Hall–Kier alpha value is -1.60. The Morgan fingerprint density at radius 2 is 1.68 bits per heavy atom. The second-order valence-corrected chi connectivity index (χ2v) is 8.17. The van der Waals surface area contributed by atoms with Crippen LogP contribution in [0.3, 0.4) is 0 Å². The van der Waals surface area contributed by atoms with Gasteiger partial charge in [0.15, 0.2) is 0 Å². The predicted molar refractivity (Wildman–Crippen MR) is 83.2 cm³/mol. The number of benzene rings is 1. The molecule has 1 aliphatic heterocycles. The van der Waals surface area contributed by atoms with Gasteiger partial charge in [0, 0.05) is 18.6 Å². The Labute approximate surface area is 131 Å². The second kappa shape index (κ2) is 5.89. The first-order valence-corrected chi connectivity index (χ1v) is 8.55. The minimum Gasteiger partial charge on any atom is -0.497 e. The molecule has 0 aliphatic carbocycles. The number of sulfonamides is 1. The summed E-state index contributed by atoms with van der Waals surface area (Å²) in [5.74, 6) is 0.420. The zero-order chi connectivity index (χ0) is 16.5. The first-order valence-electron chi connectivity index (χ1n) is 7.11. The summed E-state index contributed by atoms with van der Waals surface area (Å²) in [5.41, 5.74) is -0.299. The number of ether oxygens (including phenoxy) is 1. The van der Waals surface area contributed by atoms with Gasteiger partial charge in [-0.25, -0.2) is 8.42 Å². The summed E-state index contributed by atoms with van der Waals surface area (Å²) in [6, 6.07) is 6.18. The van der Waals surface area contributed by atoms with Crippen molar-refractivity contribution in [3.63, 3.8) is 0 Å². The number of piperazine rings is 1. The van der Waals surface area contributed by atoms with Gasteiger partial charge in [0.05, 0.1) is 18.6 Å². The van der Waals surface area contributed by atoms with Crippen LogP contribution in [0.25, 0.3) is 0 Å². The zero-order valence-corrected chi connectivity index (χ0v) is 14.2. The van der Waals surface area contributed by atoms with Crippen molar-refractivity contribution < 1.29 is 17.9 Å². The van der Waals surface area contributed by atoms with Gasteiger partial charge in [-0.15, -0.1) is 0 Å². The highest BCUT2D eigenvalue weighted by Crippen LogP contribution is 2.23. The summed E-state index contributed by atoms with van der Waals surface area (Å²) >= 11 is 0. The standard InChI is InChI=1S/C15H22N2O4S/c1-15(2,3)17-10-9-16(11-14(17)18)22(19,20)13-7-5-12(21-4)6-8-13/h5-8H,9-11H2,1-4H3. The third-order valence-corrected chi connectivity index (χ3v) is 5.55. The van der Waals surface area contributed by atoms with E-state index in [2.05, 4.69) is 0 Å². The number of carbonyl (C=O) groups is 1. The third kappa shape index (κ3) is 3.25. The summed E-state index contributed by atoms with van der Waals surface area (Å²) in [6.07, 6.45) is 0. The van der Waals surface area contributed by atoms with Crippen LogP contribution in [0.5, 0.6) is 5.75 Å². The Bertz CT molecular complexity index is 647. The molecule has 1 fully saturated rings. The van der Waals surface area contributed by atoms with Crippen molar-refractivity contribution >= 4 is 15.9 Å². The molecule has 0 atom stereocenters. The van der Waals surface area contributed by atoms with Gasteiger partial charge in [0.2, 0.25) is 15.9 Å². The van der Waals surface area contributed by atoms with Crippen LogP contribution in [0.4, 0.5) is 0 Å². The van der Waals surface area contributed by atoms with E-state index in [4.69, 9.17) is 4.74 Å². The maximum Gasteiger partial charge on any atom is 0.243 e. The van der Waals surface area contributed by atoms with E-state index in [9.17, 15) is 13.2 Å². The molecule has 1 aromatic rings. The van der Waals surface area contributed by atoms with Crippen LogP contribution in [-0.4, -0.2) is 55.8 Å². The van der Waals surface area contributed by atoms with Crippen molar-refractivity contribution in [1.29, 1.82) is 0 Å². The van der Waals surface area contributed by atoms with Gasteiger partial charge in [-0.3, -0.25) is 4.79 Å². The lowest BCUT2D eigenvalue weighted by atomic mass is 10.1. The highest BCUT2D eigenvalue weighted by molar-refractivity contribution is 7.89. The van der Waals surface area contributed by atoms with Crippen LogP contribution in [0.1, 0.15) is 20.8 Å². The van der Waals surface area contributed by atoms with Crippen LogP contribution in [0.15, 0.2) is 29.2 Å². The number of hydrogen-bond acceptors (Lipinski definition) is 4. The molecule has 1 heterocycles. The Kier molecular flexibility index (Phi) is 4.49. The smallest absolute Gasteiger partial charge is 0.243 e. The van der Waals surface area contributed by atoms with Gasteiger partial charge in [0.1, 0.15) is 5.75 Å². The molecular formula is C15H22N2O4S. The molecule has 0 radical (unpaired) electrons. The molecule has 0 unspecified atom stereocenters. The predicted octanol–water partition coefficient (Wildman–Crippen LogP) is 1.33. The largest absolute Gasteiger partial charge is 0.497 e. The highest BCUT2D eigenvalue weighted by Gasteiger charge is 2.36. The number of nitrogens with zero attached hydrogens (tertiary/aromatic N) is 2. The first-order chi connectivity index (χ1) is 10.2. The summed E-state index contributed by atoms with van der Waals surface area (Å²) in [5, 5.41) is 0. The molecule has 0 bridgehead atoms. The molecule has 7 heteroatoms. The van der Waals surface area contributed by atoms with Crippen LogP contribution >= 0.6 is 0 Å². The van der Waals surface area contributed by atoms with Gasteiger partial charge >= 0.3 is 0 Å². The highest BCUT2D eigenvalue weighted by atomic mass is 32.2. The second-order valence-electron chi connectivity index (χ2n) is 6.23. The van der Waals surface area contributed by atoms with E-state index in [1.54, 1.807) is 17.0 Å². The van der Waals surface area contributed by atoms with E-state index >= 15 is 0 Å². The molecule has 122 valence electrons. The zero-order valence-electron chi connectivity index (χ0n) is 13.4. The number of hydrogen-bond donors (Lipinski definition) is 0. The maximum atomic E-state index is 12.6. The van der Waals surface area contributed by atoms with E-state index in [1.165, 1.54) is 23.5 Å². The van der Waals surface area contributed by atoms with Crippen molar-refractivity contribution in [2.45, 2.75) is 31.2 Å². The molecule has 1 aliphatic rings.